The molecule has 4 nitrogen and oxygen atoms in total. The minimum atomic E-state index is -0.427. The van der Waals surface area contributed by atoms with Crippen LogP contribution in [-0.4, -0.2) is 12.2 Å². The van der Waals surface area contributed by atoms with Crippen LogP contribution in [0.5, 0.6) is 5.75 Å². The number of rotatable bonds is 5. The van der Waals surface area contributed by atoms with Crippen molar-refractivity contribution in [1.82, 2.24) is 0 Å². The van der Waals surface area contributed by atoms with Crippen molar-refractivity contribution >= 4 is 29.5 Å². The van der Waals surface area contributed by atoms with Gasteiger partial charge in [0.05, 0.1) is 17.5 Å². The first-order valence-corrected chi connectivity index (χ1v) is 8.00. The molecule has 0 aromatic heterocycles. The molecular weight excluding hydrogens is 336 g/mol. The van der Waals surface area contributed by atoms with E-state index in [1.165, 1.54) is 0 Å². The van der Waals surface area contributed by atoms with E-state index in [2.05, 4.69) is 10.5 Å². The largest absolute Gasteiger partial charge is 0.423 e. The fourth-order valence-electron chi connectivity index (χ4n) is 2.07. The molecule has 0 spiro atoms. The summed E-state index contributed by atoms with van der Waals surface area (Å²) in [6.45, 7) is 0. The van der Waals surface area contributed by atoms with Gasteiger partial charge in [-0.2, -0.15) is 5.10 Å². The van der Waals surface area contributed by atoms with Crippen LogP contribution in [-0.2, 0) is 0 Å². The summed E-state index contributed by atoms with van der Waals surface area (Å²) in [4.78, 5) is 12.0. The van der Waals surface area contributed by atoms with Crippen LogP contribution in [0.15, 0.2) is 84.0 Å². The number of hydrogen-bond donors (Lipinski definition) is 1. The van der Waals surface area contributed by atoms with E-state index in [0.717, 1.165) is 11.3 Å². The highest BCUT2D eigenvalue weighted by molar-refractivity contribution is 6.30. The van der Waals surface area contributed by atoms with Crippen molar-refractivity contribution in [2.24, 2.45) is 5.10 Å². The number of esters is 1. The molecule has 0 aliphatic carbocycles. The molecule has 0 fully saturated rings. The van der Waals surface area contributed by atoms with Crippen molar-refractivity contribution in [2.75, 3.05) is 5.43 Å². The molecule has 124 valence electrons. The molecule has 0 unspecified atom stereocenters. The fourth-order valence-corrected chi connectivity index (χ4v) is 2.19. The lowest BCUT2D eigenvalue weighted by atomic mass is 10.2. The molecule has 0 saturated carbocycles. The SMILES string of the molecule is O=C(Oc1ccc(C=NNc2ccccc2)cc1)c1ccc(Cl)cc1. The first kappa shape index (κ1) is 16.7. The summed E-state index contributed by atoms with van der Waals surface area (Å²) in [5.41, 5.74) is 5.18. The highest BCUT2D eigenvalue weighted by Crippen LogP contribution is 2.15. The Morgan fingerprint density at radius 3 is 2.28 bits per heavy atom. The monoisotopic (exact) mass is 350 g/mol. The van der Waals surface area contributed by atoms with Crippen LogP contribution in [0.25, 0.3) is 0 Å². The predicted octanol–water partition coefficient (Wildman–Crippen LogP) is 5.01. The third kappa shape index (κ3) is 4.93. The molecule has 1 N–H and O–H groups in total. The molecule has 3 aromatic rings. The number of nitrogens with zero attached hydrogens (tertiary/aromatic N) is 1. The molecule has 0 amide bonds. The van der Waals surface area contributed by atoms with E-state index in [-0.39, 0.29) is 0 Å². The van der Waals surface area contributed by atoms with Crippen molar-refractivity contribution in [1.29, 1.82) is 0 Å². The molecule has 0 bridgehead atoms. The van der Waals surface area contributed by atoms with Gasteiger partial charge in [-0.05, 0) is 66.2 Å². The van der Waals surface area contributed by atoms with Crippen LogP contribution in [0.4, 0.5) is 5.69 Å². The van der Waals surface area contributed by atoms with E-state index in [4.69, 9.17) is 16.3 Å². The summed E-state index contributed by atoms with van der Waals surface area (Å²) in [7, 11) is 0. The van der Waals surface area contributed by atoms with Gasteiger partial charge in [0.15, 0.2) is 0 Å². The summed E-state index contributed by atoms with van der Waals surface area (Å²) in [5.74, 6) is 0.0388. The molecule has 0 heterocycles. The number of ether oxygens (including phenoxy) is 1. The molecule has 25 heavy (non-hydrogen) atoms. The Bertz CT molecular complexity index is 860. The first-order valence-electron chi connectivity index (χ1n) is 7.63. The quantitative estimate of drug-likeness (QED) is 0.305. The summed E-state index contributed by atoms with van der Waals surface area (Å²) < 4.78 is 5.33. The molecule has 3 aromatic carbocycles. The van der Waals surface area contributed by atoms with Gasteiger partial charge >= 0.3 is 5.97 Å². The zero-order chi connectivity index (χ0) is 17.5. The number of halogens is 1. The summed E-state index contributed by atoms with van der Waals surface area (Å²) in [6, 6.07) is 23.3. The van der Waals surface area contributed by atoms with E-state index in [9.17, 15) is 4.79 Å². The smallest absolute Gasteiger partial charge is 0.343 e. The number of benzene rings is 3. The highest BCUT2D eigenvalue weighted by Gasteiger charge is 2.08. The second kappa shape index (κ2) is 8.13. The van der Waals surface area contributed by atoms with Gasteiger partial charge < -0.3 is 4.74 Å². The second-order valence-corrected chi connectivity index (χ2v) is 5.64. The van der Waals surface area contributed by atoms with Crippen LogP contribution in [0, 0.1) is 0 Å². The van der Waals surface area contributed by atoms with Crippen molar-refractivity contribution in [2.45, 2.75) is 0 Å². The average Bonchev–Trinajstić information content (AvgIpc) is 2.64. The fraction of sp³-hybridized carbons (Fsp3) is 0. The van der Waals surface area contributed by atoms with Gasteiger partial charge in [-0.1, -0.05) is 29.8 Å². The Morgan fingerprint density at radius 2 is 1.60 bits per heavy atom. The van der Waals surface area contributed by atoms with E-state index in [1.807, 2.05) is 42.5 Å². The molecule has 0 atom stereocenters. The lowest BCUT2D eigenvalue weighted by Gasteiger charge is -2.05. The summed E-state index contributed by atoms with van der Waals surface area (Å²) in [6.07, 6.45) is 1.69. The van der Waals surface area contributed by atoms with Crippen LogP contribution >= 0.6 is 11.6 Å². The topological polar surface area (TPSA) is 50.7 Å². The number of anilines is 1. The van der Waals surface area contributed by atoms with Crippen LogP contribution in [0.2, 0.25) is 5.02 Å². The van der Waals surface area contributed by atoms with Crippen LogP contribution in [0.3, 0.4) is 0 Å². The maximum absolute atomic E-state index is 12.0. The number of hydrazone groups is 1. The molecular formula is C20H15ClN2O2. The molecule has 0 aliphatic heterocycles. The van der Waals surface area contributed by atoms with Crippen molar-refractivity contribution < 1.29 is 9.53 Å². The third-order valence-electron chi connectivity index (χ3n) is 3.35. The number of carbonyl (C=O) groups excluding carboxylic acids is 1. The van der Waals surface area contributed by atoms with Gasteiger partial charge in [0.2, 0.25) is 0 Å². The third-order valence-corrected chi connectivity index (χ3v) is 3.60. The standard InChI is InChI=1S/C20H15ClN2O2/c21-17-10-8-16(9-11-17)20(24)25-19-12-6-15(7-13-19)14-22-23-18-4-2-1-3-5-18/h1-14,23H. The molecule has 0 aliphatic rings. The minimum Gasteiger partial charge on any atom is -0.423 e. The molecule has 5 heteroatoms. The normalized spacial score (nSPS) is 10.6. The Hall–Kier alpha value is -3.11. The van der Waals surface area contributed by atoms with E-state index in [1.54, 1.807) is 42.6 Å². The van der Waals surface area contributed by atoms with Gasteiger partial charge in [-0.3, -0.25) is 5.43 Å². The number of nitrogens with one attached hydrogen (secondary N) is 1. The lowest BCUT2D eigenvalue weighted by molar-refractivity contribution is 0.0735. The second-order valence-electron chi connectivity index (χ2n) is 5.20. The van der Waals surface area contributed by atoms with Crippen LogP contribution < -0.4 is 10.2 Å². The summed E-state index contributed by atoms with van der Waals surface area (Å²) >= 11 is 5.81. The zero-order valence-electron chi connectivity index (χ0n) is 13.2. The predicted molar refractivity (Wildman–Crippen MR) is 101 cm³/mol. The molecule has 3 rings (SSSR count). The number of hydrogen-bond acceptors (Lipinski definition) is 4. The van der Waals surface area contributed by atoms with E-state index >= 15 is 0 Å². The Kier molecular flexibility index (Phi) is 5.44. The van der Waals surface area contributed by atoms with Crippen molar-refractivity contribution in [3.05, 3.63) is 95.0 Å². The van der Waals surface area contributed by atoms with Gasteiger partial charge in [0.25, 0.3) is 0 Å². The maximum atomic E-state index is 12.0. The van der Waals surface area contributed by atoms with Crippen molar-refractivity contribution in [3.63, 3.8) is 0 Å². The first-order chi connectivity index (χ1) is 12.2. The number of carbonyl (C=O) groups is 1. The summed E-state index contributed by atoms with van der Waals surface area (Å²) in [5, 5.41) is 4.74. The van der Waals surface area contributed by atoms with Crippen LogP contribution in [0.1, 0.15) is 15.9 Å². The molecule has 0 radical (unpaired) electrons. The van der Waals surface area contributed by atoms with E-state index in [0.29, 0.717) is 16.3 Å². The Labute approximate surface area is 150 Å². The zero-order valence-corrected chi connectivity index (χ0v) is 14.0. The maximum Gasteiger partial charge on any atom is 0.343 e. The number of para-hydroxylation sites is 1. The van der Waals surface area contributed by atoms with Gasteiger partial charge in [0, 0.05) is 5.02 Å². The van der Waals surface area contributed by atoms with Gasteiger partial charge in [0.1, 0.15) is 5.75 Å². The Morgan fingerprint density at radius 1 is 0.920 bits per heavy atom. The van der Waals surface area contributed by atoms with Gasteiger partial charge in [-0.15, -0.1) is 0 Å². The highest BCUT2D eigenvalue weighted by atomic mass is 35.5. The average molecular weight is 351 g/mol. The Balaban J connectivity index is 1.58. The van der Waals surface area contributed by atoms with Crippen molar-refractivity contribution in [3.8, 4) is 5.75 Å². The molecule has 0 saturated heterocycles. The van der Waals surface area contributed by atoms with Gasteiger partial charge in [-0.25, -0.2) is 4.79 Å². The lowest BCUT2D eigenvalue weighted by Crippen LogP contribution is -2.08. The van der Waals surface area contributed by atoms with E-state index < -0.39 is 5.97 Å². The minimum absolute atomic E-state index is 0.427.